The van der Waals surface area contributed by atoms with E-state index in [4.69, 9.17) is 17.3 Å². The van der Waals surface area contributed by atoms with Gasteiger partial charge in [0.05, 0.1) is 0 Å². The molecule has 1 aliphatic carbocycles. The molecule has 0 unspecified atom stereocenters. The van der Waals surface area contributed by atoms with Gasteiger partial charge in [-0.1, -0.05) is 24.4 Å². The first-order chi connectivity index (χ1) is 8.76. The predicted octanol–water partition coefficient (Wildman–Crippen LogP) is 3.61. The van der Waals surface area contributed by atoms with E-state index < -0.39 is 0 Å². The molecule has 0 amide bonds. The topological polar surface area (TPSA) is 29.3 Å². The standard InChI is InChI=1S/C15H23ClN2/c1-2-18(14-5-3-4-6-14)15-8-7-13(16)11-12(15)9-10-17/h7-8,11,14H,2-6,9-10,17H2,1H3. The molecule has 1 aromatic rings. The number of halogens is 1. The molecule has 1 saturated carbocycles. The highest BCUT2D eigenvalue weighted by Gasteiger charge is 2.23. The minimum absolute atomic E-state index is 0.676. The Morgan fingerprint density at radius 2 is 2.06 bits per heavy atom. The van der Waals surface area contributed by atoms with Crippen molar-refractivity contribution in [2.24, 2.45) is 5.73 Å². The Morgan fingerprint density at radius 1 is 1.33 bits per heavy atom. The third kappa shape index (κ3) is 2.99. The van der Waals surface area contributed by atoms with Crippen LogP contribution in [-0.2, 0) is 6.42 Å². The lowest BCUT2D eigenvalue weighted by Crippen LogP contribution is -2.33. The van der Waals surface area contributed by atoms with Gasteiger partial charge < -0.3 is 10.6 Å². The average molecular weight is 267 g/mol. The first-order valence-electron chi connectivity index (χ1n) is 7.01. The number of hydrogen-bond donors (Lipinski definition) is 1. The Hall–Kier alpha value is -0.730. The lowest BCUT2D eigenvalue weighted by atomic mass is 10.1. The summed E-state index contributed by atoms with van der Waals surface area (Å²) in [7, 11) is 0. The van der Waals surface area contributed by atoms with Crippen LogP contribution in [0.1, 0.15) is 38.2 Å². The van der Waals surface area contributed by atoms with Gasteiger partial charge in [0.2, 0.25) is 0 Å². The third-order valence-electron chi connectivity index (χ3n) is 3.87. The largest absolute Gasteiger partial charge is 0.369 e. The smallest absolute Gasteiger partial charge is 0.0410 e. The van der Waals surface area contributed by atoms with Gasteiger partial charge in [0.15, 0.2) is 0 Å². The summed E-state index contributed by atoms with van der Waals surface area (Å²) in [5.41, 5.74) is 8.34. The number of anilines is 1. The quantitative estimate of drug-likeness (QED) is 0.882. The van der Waals surface area contributed by atoms with Gasteiger partial charge in [-0.15, -0.1) is 0 Å². The first kappa shape index (κ1) is 13.7. The second-order valence-electron chi connectivity index (χ2n) is 5.04. The number of hydrogen-bond acceptors (Lipinski definition) is 2. The molecular formula is C15H23ClN2. The van der Waals surface area contributed by atoms with Crippen molar-refractivity contribution in [1.82, 2.24) is 0 Å². The Labute approximate surface area is 115 Å². The fourth-order valence-corrected chi connectivity index (χ4v) is 3.23. The number of nitrogens with two attached hydrogens (primary N) is 1. The van der Waals surface area contributed by atoms with Crippen molar-refractivity contribution in [2.75, 3.05) is 18.0 Å². The van der Waals surface area contributed by atoms with Gasteiger partial charge >= 0.3 is 0 Å². The van der Waals surface area contributed by atoms with E-state index in [0.717, 1.165) is 18.0 Å². The van der Waals surface area contributed by atoms with Crippen LogP contribution < -0.4 is 10.6 Å². The number of benzene rings is 1. The van der Waals surface area contributed by atoms with Crippen molar-refractivity contribution in [2.45, 2.75) is 45.1 Å². The van der Waals surface area contributed by atoms with E-state index >= 15 is 0 Å². The molecule has 3 heteroatoms. The molecule has 18 heavy (non-hydrogen) atoms. The van der Waals surface area contributed by atoms with Crippen LogP contribution in [0.15, 0.2) is 18.2 Å². The Balaban J connectivity index is 2.28. The summed E-state index contributed by atoms with van der Waals surface area (Å²) in [6.07, 6.45) is 6.26. The Kier molecular flexibility index (Phi) is 4.90. The average Bonchev–Trinajstić information content (AvgIpc) is 2.87. The minimum atomic E-state index is 0.676. The molecule has 0 heterocycles. The van der Waals surface area contributed by atoms with Gasteiger partial charge in [-0.25, -0.2) is 0 Å². The molecular weight excluding hydrogens is 244 g/mol. The summed E-state index contributed by atoms with van der Waals surface area (Å²) in [5.74, 6) is 0. The monoisotopic (exact) mass is 266 g/mol. The molecule has 100 valence electrons. The van der Waals surface area contributed by atoms with Crippen LogP contribution in [0.4, 0.5) is 5.69 Å². The summed E-state index contributed by atoms with van der Waals surface area (Å²) in [6.45, 7) is 3.97. The molecule has 0 saturated heterocycles. The van der Waals surface area contributed by atoms with E-state index in [1.165, 1.54) is 36.9 Å². The van der Waals surface area contributed by atoms with Crippen LogP contribution in [0, 0.1) is 0 Å². The van der Waals surface area contributed by atoms with Gasteiger partial charge in [-0.3, -0.25) is 0 Å². The van der Waals surface area contributed by atoms with Crippen LogP contribution in [0.3, 0.4) is 0 Å². The fraction of sp³-hybridized carbons (Fsp3) is 0.600. The van der Waals surface area contributed by atoms with Crippen LogP contribution in [0.2, 0.25) is 5.02 Å². The minimum Gasteiger partial charge on any atom is -0.369 e. The van der Waals surface area contributed by atoms with E-state index in [1.807, 2.05) is 6.07 Å². The van der Waals surface area contributed by atoms with Gasteiger partial charge in [-0.05, 0) is 56.5 Å². The fourth-order valence-electron chi connectivity index (χ4n) is 3.03. The van der Waals surface area contributed by atoms with Crippen molar-refractivity contribution in [3.63, 3.8) is 0 Å². The normalized spacial score (nSPS) is 16.2. The summed E-state index contributed by atoms with van der Waals surface area (Å²) < 4.78 is 0. The first-order valence-corrected chi connectivity index (χ1v) is 7.39. The van der Waals surface area contributed by atoms with E-state index in [-0.39, 0.29) is 0 Å². The number of nitrogens with zero attached hydrogens (tertiary/aromatic N) is 1. The highest BCUT2D eigenvalue weighted by Crippen LogP contribution is 2.31. The molecule has 0 aliphatic heterocycles. The summed E-state index contributed by atoms with van der Waals surface area (Å²) in [4.78, 5) is 2.54. The van der Waals surface area contributed by atoms with Crippen molar-refractivity contribution in [1.29, 1.82) is 0 Å². The van der Waals surface area contributed by atoms with Gasteiger partial charge in [-0.2, -0.15) is 0 Å². The summed E-state index contributed by atoms with van der Waals surface area (Å²) >= 11 is 6.10. The van der Waals surface area contributed by atoms with Crippen molar-refractivity contribution in [3.8, 4) is 0 Å². The highest BCUT2D eigenvalue weighted by atomic mass is 35.5. The zero-order chi connectivity index (χ0) is 13.0. The van der Waals surface area contributed by atoms with E-state index in [1.54, 1.807) is 0 Å². The van der Waals surface area contributed by atoms with E-state index in [9.17, 15) is 0 Å². The van der Waals surface area contributed by atoms with Crippen LogP contribution >= 0.6 is 11.6 Å². The molecule has 0 radical (unpaired) electrons. The number of rotatable bonds is 5. The molecule has 1 aliphatic rings. The highest BCUT2D eigenvalue weighted by molar-refractivity contribution is 6.30. The van der Waals surface area contributed by atoms with E-state index in [2.05, 4.69) is 24.0 Å². The molecule has 2 nitrogen and oxygen atoms in total. The summed E-state index contributed by atoms with van der Waals surface area (Å²) in [6, 6.07) is 6.93. The molecule has 0 atom stereocenters. The maximum absolute atomic E-state index is 6.10. The lowest BCUT2D eigenvalue weighted by molar-refractivity contribution is 0.617. The summed E-state index contributed by atoms with van der Waals surface area (Å²) in [5, 5.41) is 0.810. The van der Waals surface area contributed by atoms with Crippen molar-refractivity contribution < 1.29 is 0 Å². The Morgan fingerprint density at radius 3 is 2.67 bits per heavy atom. The molecule has 2 rings (SSSR count). The zero-order valence-electron chi connectivity index (χ0n) is 11.2. The van der Waals surface area contributed by atoms with Crippen LogP contribution in [0.5, 0.6) is 0 Å². The maximum atomic E-state index is 6.10. The second kappa shape index (κ2) is 6.44. The molecule has 0 bridgehead atoms. The second-order valence-corrected chi connectivity index (χ2v) is 5.47. The maximum Gasteiger partial charge on any atom is 0.0410 e. The molecule has 1 fully saturated rings. The molecule has 1 aromatic carbocycles. The van der Waals surface area contributed by atoms with Gasteiger partial charge in [0, 0.05) is 23.3 Å². The van der Waals surface area contributed by atoms with Crippen molar-refractivity contribution in [3.05, 3.63) is 28.8 Å². The van der Waals surface area contributed by atoms with Crippen molar-refractivity contribution >= 4 is 17.3 Å². The molecule has 0 aromatic heterocycles. The Bertz CT molecular complexity index is 386. The molecule has 2 N–H and O–H groups in total. The SMILES string of the molecule is CCN(c1ccc(Cl)cc1CCN)C1CCCC1. The predicted molar refractivity (Wildman–Crippen MR) is 79.5 cm³/mol. The third-order valence-corrected chi connectivity index (χ3v) is 4.11. The van der Waals surface area contributed by atoms with Gasteiger partial charge in [0.25, 0.3) is 0 Å². The lowest BCUT2D eigenvalue weighted by Gasteiger charge is -2.32. The zero-order valence-corrected chi connectivity index (χ0v) is 11.9. The van der Waals surface area contributed by atoms with E-state index in [0.29, 0.717) is 12.6 Å². The van der Waals surface area contributed by atoms with Crippen LogP contribution in [0.25, 0.3) is 0 Å². The van der Waals surface area contributed by atoms with Gasteiger partial charge in [0.1, 0.15) is 0 Å². The molecule has 0 spiro atoms. The van der Waals surface area contributed by atoms with Crippen LogP contribution in [-0.4, -0.2) is 19.1 Å².